The van der Waals surface area contributed by atoms with Crippen LogP contribution < -0.4 is 5.32 Å². The number of ether oxygens (including phenoxy) is 1. The van der Waals surface area contributed by atoms with E-state index in [1.165, 1.54) is 12.3 Å². The van der Waals surface area contributed by atoms with Crippen LogP contribution in [0, 0.1) is 17.0 Å². The number of nitrogens with zero attached hydrogens (tertiary/aromatic N) is 3. The Morgan fingerprint density at radius 3 is 2.71 bits per heavy atom. The topological polar surface area (TPSA) is 80.5 Å². The predicted octanol–water partition coefficient (Wildman–Crippen LogP) is 1.82. The molecule has 116 valence electrons. The number of rotatable bonds is 5. The molecule has 0 radical (unpaired) electrons. The summed E-state index contributed by atoms with van der Waals surface area (Å²) in [5.41, 5.74) is 0.807. The minimum atomic E-state index is -0.430. The van der Waals surface area contributed by atoms with Gasteiger partial charge in [-0.1, -0.05) is 0 Å². The number of nitro groups is 1. The number of aryl methyl sites for hydroxylation is 1. The van der Waals surface area contributed by atoms with Crippen molar-refractivity contribution in [2.75, 3.05) is 31.5 Å². The van der Waals surface area contributed by atoms with E-state index in [9.17, 15) is 10.1 Å². The van der Waals surface area contributed by atoms with Crippen molar-refractivity contribution in [3.63, 3.8) is 0 Å². The maximum Gasteiger partial charge on any atom is 0.287 e. The standard InChI is InChI=1S/C14H22N4O3/c1-10-6-13(18(19)20)7-16-14(10)15-4-5-17-8-11(2)21-12(3)9-17/h6-7,11-12H,4-5,8-9H2,1-3H3,(H,15,16)/t11-,12-/m0/s1. The van der Waals surface area contributed by atoms with Crippen LogP contribution in [0.4, 0.5) is 11.5 Å². The first-order valence-electron chi connectivity index (χ1n) is 7.18. The largest absolute Gasteiger partial charge is 0.373 e. The Morgan fingerprint density at radius 1 is 1.48 bits per heavy atom. The molecule has 0 spiro atoms. The van der Waals surface area contributed by atoms with Gasteiger partial charge in [0, 0.05) is 32.2 Å². The molecule has 2 atom stereocenters. The second-order valence-electron chi connectivity index (χ2n) is 5.56. The monoisotopic (exact) mass is 294 g/mol. The normalized spacial score (nSPS) is 23.0. The summed E-state index contributed by atoms with van der Waals surface area (Å²) in [6.07, 6.45) is 1.80. The first-order chi connectivity index (χ1) is 9.95. The molecule has 1 aliphatic heterocycles. The van der Waals surface area contributed by atoms with Gasteiger partial charge in [-0.25, -0.2) is 4.98 Å². The van der Waals surface area contributed by atoms with Crippen LogP contribution >= 0.6 is 0 Å². The zero-order valence-electron chi connectivity index (χ0n) is 12.7. The van der Waals surface area contributed by atoms with Crippen molar-refractivity contribution in [3.8, 4) is 0 Å². The molecule has 2 rings (SSSR count). The lowest BCUT2D eigenvalue weighted by Gasteiger charge is -2.35. The molecule has 1 fully saturated rings. The van der Waals surface area contributed by atoms with Gasteiger partial charge in [0.25, 0.3) is 5.69 Å². The van der Waals surface area contributed by atoms with Gasteiger partial charge in [0.15, 0.2) is 0 Å². The van der Waals surface area contributed by atoms with E-state index in [2.05, 4.69) is 29.0 Å². The highest BCUT2D eigenvalue weighted by atomic mass is 16.6. The smallest absolute Gasteiger partial charge is 0.287 e. The third kappa shape index (κ3) is 4.37. The van der Waals surface area contributed by atoms with E-state index in [1.54, 1.807) is 0 Å². The van der Waals surface area contributed by atoms with Crippen LogP contribution in [0.5, 0.6) is 0 Å². The Labute approximate surface area is 124 Å². The fraction of sp³-hybridized carbons (Fsp3) is 0.643. The molecule has 1 aliphatic rings. The van der Waals surface area contributed by atoms with Crippen LogP contribution in [-0.2, 0) is 4.74 Å². The summed E-state index contributed by atoms with van der Waals surface area (Å²) in [5, 5.41) is 13.9. The Bertz CT molecular complexity index is 499. The SMILES string of the molecule is Cc1cc([N+](=O)[O-])cnc1NCCN1C[C@H](C)O[C@@H](C)C1. The van der Waals surface area contributed by atoms with Crippen molar-refractivity contribution in [3.05, 3.63) is 27.9 Å². The molecule has 1 saturated heterocycles. The third-order valence-electron chi connectivity index (χ3n) is 3.49. The van der Waals surface area contributed by atoms with E-state index in [4.69, 9.17) is 4.74 Å². The molecule has 1 N–H and O–H groups in total. The van der Waals surface area contributed by atoms with Gasteiger partial charge >= 0.3 is 0 Å². The lowest BCUT2D eigenvalue weighted by atomic mass is 10.2. The Balaban J connectivity index is 1.84. The van der Waals surface area contributed by atoms with E-state index >= 15 is 0 Å². The van der Waals surface area contributed by atoms with E-state index in [1.807, 2.05) is 6.92 Å². The fourth-order valence-electron chi connectivity index (χ4n) is 2.64. The van der Waals surface area contributed by atoms with Gasteiger partial charge in [-0.15, -0.1) is 0 Å². The number of hydrogen-bond donors (Lipinski definition) is 1. The van der Waals surface area contributed by atoms with Crippen LogP contribution in [0.2, 0.25) is 0 Å². The van der Waals surface area contributed by atoms with Crippen LogP contribution in [0.25, 0.3) is 0 Å². The van der Waals surface area contributed by atoms with Crippen molar-refractivity contribution < 1.29 is 9.66 Å². The third-order valence-corrected chi connectivity index (χ3v) is 3.49. The van der Waals surface area contributed by atoms with Crippen molar-refractivity contribution in [2.45, 2.75) is 33.0 Å². The summed E-state index contributed by atoms with van der Waals surface area (Å²) in [7, 11) is 0. The number of pyridine rings is 1. The summed E-state index contributed by atoms with van der Waals surface area (Å²) >= 11 is 0. The van der Waals surface area contributed by atoms with E-state index < -0.39 is 4.92 Å². The summed E-state index contributed by atoms with van der Waals surface area (Å²) < 4.78 is 5.70. The molecular weight excluding hydrogens is 272 g/mol. The Kier molecular flexibility index (Phi) is 5.08. The molecule has 2 heterocycles. The van der Waals surface area contributed by atoms with Gasteiger partial charge in [-0.05, 0) is 26.3 Å². The molecule has 7 heteroatoms. The molecule has 0 amide bonds. The average molecular weight is 294 g/mol. The maximum absolute atomic E-state index is 10.7. The fourth-order valence-corrected chi connectivity index (χ4v) is 2.64. The van der Waals surface area contributed by atoms with E-state index in [0.29, 0.717) is 5.82 Å². The zero-order valence-corrected chi connectivity index (χ0v) is 12.7. The highest BCUT2D eigenvalue weighted by molar-refractivity contribution is 5.48. The summed E-state index contributed by atoms with van der Waals surface area (Å²) in [5.74, 6) is 0.704. The lowest BCUT2D eigenvalue weighted by Crippen LogP contribution is -2.46. The first kappa shape index (κ1) is 15.7. The Hall–Kier alpha value is -1.73. The average Bonchev–Trinajstić information content (AvgIpc) is 2.39. The molecule has 0 saturated carbocycles. The van der Waals surface area contributed by atoms with Crippen LogP contribution in [0.1, 0.15) is 19.4 Å². The highest BCUT2D eigenvalue weighted by Crippen LogP contribution is 2.17. The second kappa shape index (κ2) is 6.82. The van der Waals surface area contributed by atoms with Crippen LogP contribution in [0.3, 0.4) is 0 Å². The maximum atomic E-state index is 10.7. The first-order valence-corrected chi connectivity index (χ1v) is 7.18. The summed E-state index contributed by atoms with van der Waals surface area (Å²) in [4.78, 5) is 16.7. The molecular formula is C14H22N4O3. The molecule has 0 unspecified atom stereocenters. The quantitative estimate of drug-likeness (QED) is 0.659. The molecule has 1 aromatic rings. The number of nitrogens with one attached hydrogen (secondary N) is 1. The van der Waals surface area contributed by atoms with Gasteiger partial charge in [-0.3, -0.25) is 15.0 Å². The molecule has 7 nitrogen and oxygen atoms in total. The van der Waals surface area contributed by atoms with Crippen molar-refractivity contribution >= 4 is 11.5 Å². The van der Waals surface area contributed by atoms with Crippen molar-refractivity contribution in [2.24, 2.45) is 0 Å². The van der Waals surface area contributed by atoms with Crippen molar-refractivity contribution in [1.29, 1.82) is 0 Å². The van der Waals surface area contributed by atoms with Crippen LogP contribution in [0.15, 0.2) is 12.3 Å². The van der Waals surface area contributed by atoms with Crippen molar-refractivity contribution in [1.82, 2.24) is 9.88 Å². The molecule has 0 aliphatic carbocycles. The molecule has 0 bridgehead atoms. The van der Waals surface area contributed by atoms with Gasteiger partial charge in [0.2, 0.25) is 0 Å². The number of anilines is 1. The van der Waals surface area contributed by atoms with Gasteiger partial charge in [0.05, 0.1) is 17.1 Å². The molecule has 0 aromatic carbocycles. The number of aromatic nitrogens is 1. The predicted molar refractivity (Wildman–Crippen MR) is 80.6 cm³/mol. The Morgan fingerprint density at radius 2 is 2.14 bits per heavy atom. The zero-order chi connectivity index (χ0) is 15.4. The second-order valence-corrected chi connectivity index (χ2v) is 5.56. The summed E-state index contributed by atoms with van der Waals surface area (Å²) in [6.45, 7) is 9.50. The molecule has 1 aromatic heterocycles. The minimum Gasteiger partial charge on any atom is -0.373 e. The highest BCUT2D eigenvalue weighted by Gasteiger charge is 2.21. The van der Waals surface area contributed by atoms with Gasteiger partial charge < -0.3 is 10.1 Å². The van der Waals surface area contributed by atoms with Gasteiger partial charge in [-0.2, -0.15) is 0 Å². The number of morpholine rings is 1. The minimum absolute atomic E-state index is 0.0221. The molecule has 21 heavy (non-hydrogen) atoms. The summed E-state index contributed by atoms with van der Waals surface area (Å²) in [6, 6.07) is 1.54. The number of hydrogen-bond acceptors (Lipinski definition) is 6. The van der Waals surface area contributed by atoms with E-state index in [-0.39, 0.29) is 17.9 Å². The van der Waals surface area contributed by atoms with E-state index in [0.717, 1.165) is 31.7 Å². The lowest BCUT2D eigenvalue weighted by molar-refractivity contribution is -0.385. The van der Waals surface area contributed by atoms with Gasteiger partial charge in [0.1, 0.15) is 12.0 Å². The van der Waals surface area contributed by atoms with Crippen LogP contribution in [-0.4, -0.2) is 53.2 Å².